The molecule has 7 nitrogen and oxygen atoms in total. The van der Waals surface area contributed by atoms with Crippen LogP contribution in [0.2, 0.25) is 0 Å². The van der Waals surface area contributed by atoms with E-state index in [0.29, 0.717) is 18.5 Å². The van der Waals surface area contributed by atoms with Gasteiger partial charge >= 0.3 is 5.97 Å². The van der Waals surface area contributed by atoms with E-state index in [0.717, 1.165) is 28.2 Å². The van der Waals surface area contributed by atoms with Crippen LogP contribution in [0.25, 0.3) is 6.08 Å². The Morgan fingerprint density at radius 3 is 1.93 bits per heavy atom. The quantitative estimate of drug-likeness (QED) is 0.202. The summed E-state index contributed by atoms with van der Waals surface area (Å²) in [6.45, 7) is 1.76. The number of carbonyl (C=O) groups is 2. The van der Waals surface area contributed by atoms with Gasteiger partial charge in [0.2, 0.25) is 5.91 Å². The number of β-lactam (4-membered cyclic amide) rings is 1. The van der Waals surface area contributed by atoms with Crippen molar-refractivity contribution in [1.82, 2.24) is 10.2 Å². The topological polar surface area (TPSA) is 77.1 Å². The van der Waals surface area contributed by atoms with Crippen molar-refractivity contribution in [3.8, 4) is 11.5 Å². The van der Waals surface area contributed by atoms with Gasteiger partial charge in [0.25, 0.3) is 0 Å². The van der Waals surface area contributed by atoms with Crippen LogP contribution in [0.4, 0.5) is 0 Å². The normalized spacial score (nSPS) is 17.1. The summed E-state index contributed by atoms with van der Waals surface area (Å²) in [6.07, 6.45) is 6.80. The van der Waals surface area contributed by atoms with Crippen LogP contribution < -0.4 is 14.8 Å². The first kappa shape index (κ1) is 28.5. The second kappa shape index (κ2) is 13.5. The van der Waals surface area contributed by atoms with Gasteiger partial charge in [-0.15, -0.1) is 0 Å². The van der Waals surface area contributed by atoms with Crippen LogP contribution in [-0.2, 0) is 27.2 Å². The van der Waals surface area contributed by atoms with E-state index >= 15 is 0 Å². The molecule has 2 atom stereocenters. The van der Waals surface area contributed by atoms with Gasteiger partial charge in [0, 0.05) is 17.8 Å². The van der Waals surface area contributed by atoms with Crippen molar-refractivity contribution in [2.45, 2.75) is 37.9 Å². The highest BCUT2D eigenvalue weighted by molar-refractivity contribution is 5.91. The zero-order valence-corrected chi connectivity index (χ0v) is 23.4. The molecule has 0 saturated carbocycles. The van der Waals surface area contributed by atoms with Gasteiger partial charge in [-0.2, -0.15) is 0 Å². The van der Waals surface area contributed by atoms with Gasteiger partial charge in [-0.3, -0.25) is 4.79 Å². The van der Waals surface area contributed by atoms with Gasteiger partial charge < -0.3 is 24.4 Å². The first-order valence-corrected chi connectivity index (χ1v) is 13.3. The number of nitrogens with one attached hydrogen (secondary N) is 1. The van der Waals surface area contributed by atoms with Gasteiger partial charge in [-0.25, -0.2) is 4.79 Å². The molecule has 0 spiro atoms. The van der Waals surface area contributed by atoms with Crippen molar-refractivity contribution >= 4 is 18.0 Å². The van der Waals surface area contributed by atoms with E-state index in [9.17, 15) is 9.59 Å². The van der Waals surface area contributed by atoms with E-state index in [1.54, 1.807) is 21.1 Å². The lowest BCUT2D eigenvalue weighted by Gasteiger charge is -2.50. The fraction of sp³-hybridized carbons (Fsp3) is 0.273. The molecule has 0 aliphatic carbocycles. The molecule has 40 heavy (non-hydrogen) atoms. The Kier molecular flexibility index (Phi) is 9.62. The van der Waals surface area contributed by atoms with Crippen molar-refractivity contribution in [3.05, 3.63) is 113 Å². The highest BCUT2D eigenvalue weighted by atomic mass is 16.5. The van der Waals surface area contributed by atoms with Crippen molar-refractivity contribution < 1.29 is 23.8 Å². The summed E-state index contributed by atoms with van der Waals surface area (Å²) in [7, 11) is 4.62. The molecule has 3 aromatic rings. The molecule has 1 aliphatic rings. The molecule has 0 radical (unpaired) electrons. The molecule has 1 saturated heterocycles. The van der Waals surface area contributed by atoms with Gasteiger partial charge in [0.15, 0.2) is 0 Å². The summed E-state index contributed by atoms with van der Waals surface area (Å²) in [4.78, 5) is 27.5. The standard InChI is InChI=1S/C33H36N2O5/c1-23(20-31(36)40-4)34-32-30(19-14-24-8-6-5-7-9-24)35(33(32)37)27(21-25-10-15-28(38-2)16-11-25)22-26-12-17-29(39-3)18-13-26/h5-20,27,30,32,34H,21-22H2,1-4H3. The summed E-state index contributed by atoms with van der Waals surface area (Å²) in [5.74, 6) is 1.09. The van der Waals surface area contributed by atoms with E-state index in [4.69, 9.17) is 14.2 Å². The minimum atomic E-state index is -0.505. The molecule has 2 unspecified atom stereocenters. The van der Waals surface area contributed by atoms with E-state index in [1.165, 1.54) is 13.2 Å². The summed E-state index contributed by atoms with van der Waals surface area (Å²) >= 11 is 0. The number of hydrogen-bond acceptors (Lipinski definition) is 6. The third-order valence-electron chi connectivity index (χ3n) is 7.04. The summed E-state index contributed by atoms with van der Waals surface area (Å²) in [6, 6.07) is 25.1. The molecule has 1 aliphatic heterocycles. The van der Waals surface area contributed by atoms with Crippen molar-refractivity contribution in [3.63, 3.8) is 0 Å². The molecule has 0 aromatic heterocycles. The number of rotatable bonds is 12. The zero-order valence-electron chi connectivity index (χ0n) is 23.4. The highest BCUT2D eigenvalue weighted by Crippen LogP contribution is 2.30. The van der Waals surface area contributed by atoms with Crippen molar-refractivity contribution in [2.75, 3.05) is 21.3 Å². The van der Waals surface area contributed by atoms with Crippen LogP contribution >= 0.6 is 0 Å². The number of hydrogen-bond donors (Lipinski definition) is 1. The number of ether oxygens (including phenoxy) is 3. The van der Waals surface area contributed by atoms with Crippen molar-refractivity contribution in [2.24, 2.45) is 0 Å². The van der Waals surface area contributed by atoms with Gasteiger partial charge in [-0.1, -0.05) is 66.7 Å². The Balaban J connectivity index is 1.66. The fourth-order valence-electron chi connectivity index (χ4n) is 4.94. The average molecular weight is 541 g/mol. The number of allylic oxidation sites excluding steroid dienone is 1. The van der Waals surface area contributed by atoms with Gasteiger partial charge in [0.05, 0.1) is 27.4 Å². The minimum absolute atomic E-state index is 0.0210. The molecule has 1 heterocycles. The first-order chi connectivity index (χ1) is 19.4. The maximum Gasteiger partial charge on any atom is 0.332 e. The second-order valence-corrected chi connectivity index (χ2v) is 9.74. The fourth-order valence-corrected chi connectivity index (χ4v) is 4.94. The van der Waals surface area contributed by atoms with Gasteiger partial charge in [-0.05, 0) is 60.7 Å². The molecule has 1 amide bonds. The molecule has 7 heteroatoms. The maximum atomic E-state index is 13.7. The lowest BCUT2D eigenvalue weighted by molar-refractivity contribution is -0.152. The van der Waals surface area contributed by atoms with E-state index < -0.39 is 12.0 Å². The molecular weight excluding hydrogens is 504 g/mol. The number of amides is 1. The number of methoxy groups -OCH3 is 3. The van der Waals surface area contributed by atoms with Crippen LogP contribution in [0.3, 0.4) is 0 Å². The van der Waals surface area contributed by atoms with E-state index in [2.05, 4.69) is 11.4 Å². The Hall–Kier alpha value is -4.52. The van der Waals surface area contributed by atoms with Crippen LogP contribution in [0.1, 0.15) is 23.6 Å². The monoisotopic (exact) mass is 540 g/mol. The first-order valence-electron chi connectivity index (χ1n) is 13.3. The highest BCUT2D eigenvalue weighted by Gasteiger charge is 2.49. The number of esters is 1. The van der Waals surface area contributed by atoms with Gasteiger partial charge in [0.1, 0.15) is 17.5 Å². The van der Waals surface area contributed by atoms with Crippen LogP contribution in [-0.4, -0.2) is 56.2 Å². The number of likely N-dealkylation sites (tertiary alicyclic amines) is 1. The molecule has 4 rings (SSSR count). The summed E-state index contributed by atoms with van der Waals surface area (Å²) in [5, 5.41) is 3.25. The molecule has 3 aromatic carbocycles. The minimum Gasteiger partial charge on any atom is -0.497 e. The van der Waals surface area contributed by atoms with E-state index in [1.807, 2.05) is 89.8 Å². The van der Waals surface area contributed by atoms with E-state index in [-0.39, 0.29) is 18.0 Å². The lowest BCUT2D eigenvalue weighted by atomic mass is 9.86. The second-order valence-electron chi connectivity index (χ2n) is 9.74. The van der Waals surface area contributed by atoms with Crippen LogP contribution in [0.15, 0.2) is 96.7 Å². The third-order valence-corrected chi connectivity index (χ3v) is 7.04. The Bertz CT molecular complexity index is 1280. The zero-order chi connectivity index (χ0) is 28.5. The maximum absolute atomic E-state index is 13.7. The Labute approximate surface area is 236 Å². The Morgan fingerprint density at radius 2 is 1.43 bits per heavy atom. The van der Waals surface area contributed by atoms with Crippen LogP contribution in [0, 0.1) is 0 Å². The Morgan fingerprint density at radius 1 is 0.875 bits per heavy atom. The molecule has 208 valence electrons. The largest absolute Gasteiger partial charge is 0.497 e. The number of benzene rings is 3. The molecule has 1 N–H and O–H groups in total. The van der Waals surface area contributed by atoms with Crippen molar-refractivity contribution in [1.29, 1.82) is 0 Å². The average Bonchev–Trinajstić information content (AvgIpc) is 2.98. The summed E-state index contributed by atoms with van der Waals surface area (Å²) < 4.78 is 15.4. The number of nitrogens with zero attached hydrogens (tertiary/aromatic N) is 1. The predicted octanol–water partition coefficient (Wildman–Crippen LogP) is 4.82. The summed E-state index contributed by atoms with van der Waals surface area (Å²) in [5.41, 5.74) is 3.83. The molecular formula is C33H36N2O5. The molecule has 0 bridgehead atoms. The molecule has 1 fully saturated rings. The third kappa shape index (κ3) is 7.11. The van der Waals surface area contributed by atoms with Crippen LogP contribution in [0.5, 0.6) is 11.5 Å². The SMILES string of the molecule is COC(=O)C=C(C)NC1C(=O)N(C(Cc2ccc(OC)cc2)Cc2ccc(OC)cc2)C1C=Cc1ccccc1. The predicted molar refractivity (Wildman–Crippen MR) is 156 cm³/mol. The number of carbonyl (C=O) groups excluding carboxylic acids is 2. The smallest absolute Gasteiger partial charge is 0.332 e. The lowest BCUT2D eigenvalue weighted by Crippen LogP contribution is -2.72.